The number of carbonyl (C=O) groups is 2. The van der Waals surface area contributed by atoms with Gasteiger partial charge in [-0.15, -0.1) is 22.7 Å². The third kappa shape index (κ3) is 3.91. The Hall–Kier alpha value is -2.18. The number of dihydropyridines is 1. The lowest BCUT2D eigenvalue weighted by molar-refractivity contribution is -0.143. The molecule has 1 aliphatic heterocycles. The topological polar surface area (TPSA) is 55.4 Å². The average Bonchev–Trinajstić information content (AvgIpc) is 3.38. The van der Waals surface area contributed by atoms with Crippen LogP contribution in [-0.4, -0.2) is 17.9 Å². The molecule has 0 fully saturated rings. The summed E-state index contributed by atoms with van der Waals surface area (Å²) in [6.45, 7) is 7.74. The van der Waals surface area contributed by atoms with E-state index in [2.05, 4.69) is 35.8 Å². The molecule has 30 heavy (non-hydrogen) atoms. The van der Waals surface area contributed by atoms with Crippen molar-refractivity contribution in [2.75, 3.05) is 0 Å². The van der Waals surface area contributed by atoms with E-state index in [1.807, 2.05) is 26.8 Å². The fourth-order valence-corrected chi connectivity index (χ4v) is 6.24. The second-order valence-electron chi connectivity index (χ2n) is 8.14. The van der Waals surface area contributed by atoms with E-state index in [0.29, 0.717) is 12.0 Å². The Balaban J connectivity index is 1.79. The molecule has 158 valence electrons. The second kappa shape index (κ2) is 8.52. The van der Waals surface area contributed by atoms with E-state index in [9.17, 15) is 9.59 Å². The van der Waals surface area contributed by atoms with Crippen LogP contribution in [0.25, 0.3) is 0 Å². The number of nitrogens with one attached hydrogen (secondary N) is 1. The molecule has 0 saturated heterocycles. The monoisotopic (exact) mass is 441 g/mol. The highest BCUT2D eigenvalue weighted by atomic mass is 32.1. The minimum atomic E-state index is -0.352. The maximum absolute atomic E-state index is 13.4. The maximum Gasteiger partial charge on any atom is 0.337 e. The molecular weight excluding hydrogens is 414 g/mol. The van der Waals surface area contributed by atoms with Crippen LogP contribution in [-0.2, 0) is 20.7 Å². The van der Waals surface area contributed by atoms with Gasteiger partial charge in [0.05, 0.1) is 17.6 Å². The van der Waals surface area contributed by atoms with E-state index in [-0.39, 0.29) is 29.7 Å². The van der Waals surface area contributed by atoms with Crippen LogP contribution < -0.4 is 5.32 Å². The predicted octanol–water partition coefficient (Wildman–Crippen LogP) is 5.69. The zero-order valence-electron chi connectivity index (χ0n) is 17.8. The number of Topliss-reactive ketones (excluding diaryl/α,β-unsaturated/α-hetero) is 1. The van der Waals surface area contributed by atoms with Gasteiger partial charge in [0, 0.05) is 43.9 Å². The fraction of sp³-hybridized carbons (Fsp3) is 0.417. The van der Waals surface area contributed by atoms with Gasteiger partial charge in [0.15, 0.2) is 5.78 Å². The molecule has 4 nitrogen and oxygen atoms in total. The number of allylic oxidation sites excluding steroid dienone is 3. The first-order chi connectivity index (χ1) is 14.4. The predicted molar refractivity (Wildman–Crippen MR) is 122 cm³/mol. The molecule has 2 aromatic rings. The third-order valence-electron chi connectivity index (χ3n) is 5.65. The standard InChI is InChI=1S/C24H27NO3S2/c1-5-16-8-9-20(30-16)23-21(24(27)28-13(2)3)14(4)25-17-11-15(12-18(26)22(17)23)19-7-6-10-29-19/h6-10,13,15,23,25H,5,11-12H2,1-4H3. The lowest BCUT2D eigenvalue weighted by Crippen LogP contribution is -2.36. The van der Waals surface area contributed by atoms with Crippen LogP contribution >= 0.6 is 22.7 Å². The molecule has 0 bridgehead atoms. The summed E-state index contributed by atoms with van der Waals surface area (Å²) in [5, 5.41) is 5.47. The third-order valence-corrected chi connectivity index (χ3v) is 7.98. The first kappa shape index (κ1) is 21.1. The van der Waals surface area contributed by atoms with Crippen molar-refractivity contribution < 1.29 is 14.3 Å². The van der Waals surface area contributed by atoms with Gasteiger partial charge in [-0.05, 0) is 57.2 Å². The summed E-state index contributed by atoms with van der Waals surface area (Å²) in [6.07, 6.45) is 1.99. The van der Waals surface area contributed by atoms with E-state index in [4.69, 9.17) is 4.74 Å². The van der Waals surface area contributed by atoms with Crippen molar-refractivity contribution in [3.63, 3.8) is 0 Å². The quantitative estimate of drug-likeness (QED) is 0.606. The molecule has 6 heteroatoms. The Morgan fingerprint density at radius 1 is 1.23 bits per heavy atom. The molecule has 2 unspecified atom stereocenters. The van der Waals surface area contributed by atoms with E-state index in [1.54, 1.807) is 22.7 Å². The molecule has 1 aliphatic carbocycles. The van der Waals surface area contributed by atoms with Crippen LogP contribution in [0.4, 0.5) is 0 Å². The number of ketones is 1. The zero-order valence-corrected chi connectivity index (χ0v) is 19.4. The van der Waals surface area contributed by atoms with Crippen molar-refractivity contribution in [1.82, 2.24) is 5.32 Å². The Kier molecular flexibility index (Phi) is 5.98. The minimum Gasteiger partial charge on any atom is -0.460 e. The lowest BCUT2D eigenvalue weighted by Gasteiger charge is -2.36. The summed E-state index contributed by atoms with van der Waals surface area (Å²) in [5.41, 5.74) is 3.05. The highest BCUT2D eigenvalue weighted by Crippen LogP contribution is 2.47. The number of ether oxygens (including phenoxy) is 1. The van der Waals surface area contributed by atoms with Crippen molar-refractivity contribution in [1.29, 1.82) is 0 Å². The molecule has 2 aliphatic rings. The summed E-state index contributed by atoms with van der Waals surface area (Å²) in [5.74, 6) is -0.377. The highest BCUT2D eigenvalue weighted by Gasteiger charge is 2.42. The largest absolute Gasteiger partial charge is 0.460 e. The Labute approximate surface area is 185 Å². The maximum atomic E-state index is 13.4. The summed E-state index contributed by atoms with van der Waals surface area (Å²) < 4.78 is 5.58. The first-order valence-electron chi connectivity index (χ1n) is 10.5. The molecule has 0 saturated carbocycles. The van der Waals surface area contributed by atoms with Gasteiger partial charge in [-0.1, -0.05) is 13.0 Å². The molecule has 4 rings (SSSR count). The van der Waals surface area contributed by atoms with Crippen LogP contribution in [0.15, 0.2) is 52.2 Å². The number of thiophene rings is 2. The Morgan fingerprint density at radius 2 is 2.03 bits per heavy atom. The van der Waals surface area contributed by atoms with Gasteiger partial charge in [-0.3, -0.25) is 4.79 Å². The van der Waals surface area contributed by atoms with Gasteiger partial charge in [-0.2, -0.15) is 0 Å². The first-order valence-corrected chi connectivity index (χ1v) is 12.2. The Morgan fingerprint density at radius 3 is 2.67 bits per heavy atom. The minimum absolute atomic E-state index is 0.126. The summed E-state index contributed by atoms with van der Waals surface area (Å²) in [7, 11) is 0. The van der Waals surface area contributed by atoms with Crippen LogP contribution in [0.3, 0.4) is 0 Å². The van der Waals surface area contributed by atoms with E-state index >= 15 is 0 Å². The van der Waals surface area contributed by atoms with Gasteiger partial charge in [0.25, 0.3) is 0 Å². The number of carbonyl (C=O) groups excluding carboxylic acids is 2. The molecule has 3 heterocycles. The van der Waals surface area contributed by atoms with Crippen molar-refractivity contribution >= 4 is 34.4 Å². The number of hydrogen-bond donors (Lipinski definition) is 1. The van der Waals surface area contributed by atoms with Crippen molar-refractivity contribution in [2.45, 2.75) is 64.9 Å². The molecule has 0 amide bonds. The van der Waals surface area contributed by atoms with Crippen molar-refractivity contribution in [2.24, 2.45) is 0 Å². The summed E-state index contributed by atoms with van der Waals surface area (Å²) in [6, 6.07) is 8.31. The normalized spacial score (nSPS) is 21.7. The molecule has 0 radical (unpaired) electrons. The number of hydrogen-bond acceptors (Lipinski definition) is 6. The molecule has 0 aromatic carbocycles. The van der Waals surface area contributed by atoms with E-state index in [0.717, 1.165) is 34.7 Å². The Bertz CT molecular complexity index is 1030. The van der Waals surface area contributed by atoms with Crippen LogP contribution in [0, 0.1) is 0 Å². The average molecular weight is 442 g/mol. The van der Waals surface area contributed by atoms with Crippen molar-refractivity contribution in [3.05, 3.63) is 66.8 Å². The lowest BCUT2D eigenvalue weighted by atomic mass is 9.74. The van der Waals surface area contributed by atoms with Crippen molar-refractivity contribution in [3.8, 4) is 0 Å². The van der Waals surface area contributed by atoms with Gasteiger partial charge in [0.2, 0.25) is 0 Å². The fourth-order valence-electron chi connectivity index (χ4n) is 4.34. The molecule has 2 aromatic heterocycles. The van der Waals surface area contributed by atoms with Gasteiger partial charge in [0.1, 0.15) is 0 Å². The van der Waals surface area contributed by atoms with E-state index in [1.165, 1.54) is 9.75 Å². The van der Waals surface area contributed by atoms with Crippen LogP contribution in [0.5, 0.6) is 0 Å². The number of esters is 1. The van der Waals surface area contributed by atoms with Gasteiger partial charge < -0.3 is 10.1 Å². The molecule has 1 N–H and O–H groups in total. The number of aryl methyl sites for hydroxylation is 1. The highest BCUT2D eigenvalue weighted by molar-refractivity contribution is 7.12. The smallest absolute Gasteiger partial charge is 0.337 e. The zero-order chi connectivity index (χ0) is 21.4. The summed E-state index contributed by atoms with van der Waals surface area (Å²) in [4.78, 5) is 30.0. The molecular formula is C24H27NO3S2. The second-order valence-corrected chi connectivity index (χ2v) is 10.3. The SMILES string of the molecule is CCc1ccc(C2C(C(=O)OC(C)C)=C(C)NC3=C2C(=O)CC(c2cccs2)C3)s1. The van der Waals surface area contributed by atoms with Crippen LogP contribution in [0.2, 0.25) is 0 Å². The van der Waals surface area contributed by atoms with Gasteiger partial charge >= 0.3 is 5.97 Å². The van der Waals surface area contributed by atoms with Crippen LogP contribution in [0.1, 0.15) is 67.0 Å². The number of rotatable bonds is 5. The van der Waals surface area contributed by atoms with E-state index < -0.39 is 0 Å². The summed E-state index contributed by atoms with van der Waals surface area (Å²) >= 11 is 3.38. The molecule has 2 atom stereocenters. The molecule has 0 spiro atoms. The van der Waals surface area contributed by atoms with Gasteiger partial charge in [-0.25, -0.2) is 4.79 Å².